The third-order valence-corrected chi connectivity index (χ3v) is 3.68. The van der Waals surface area contributed by atoms with E-state index in [2.05, 4.69) is 4.98 Å². The number of aromatic nitrogens is 1. The maximum Gasteiger partial charge on any atom is 0.358 e. The van der Waals surface area contributed by atoms with Crippen LogP contribution in [0.25, 0.3) is 0 Å². The van der Waals surface area contributed by atoms with Gasteiger partial charge in [-0.1, -0.05) is 6.07 Å². The summed E-state index contributed by atoms with van der Waals surface area (Å²) in [6.45, 7) is 1.98. The van der Waals surface area contributed by atoms with Crippen LogP contribution in [0.1, 0.15) is 32.0 Å². The van der Waals surface area contributed by atoms with Crippen molar-refractivity contribution >= 4 is 34.4 Å². The van der Waals surface area contributed by atoms with Gasteiger partial charge in [0, 0.05) is 0 Å². The zero-order valence-corrected chi connectivity index (χ0v) is 10.6. The lowest BCUT2D eigenvalue weighted by molar-refractivity contribution is 0.0517. The number of esters is 1. The molecule has 0 aliphatic carbocycles. The van der Waals surface area contributed by atoms with E-state index >= 15 is 0 Å². The molecule has 0 aliphatic heterocycles. The second-order valence-electron chi connectivity index (χ2n) is 3.06. The number of carbonyl (C=O) groups excluding carboxylic acids is 2. The fourth-order valence-electron chi connectivity index (χ4n) is 1.27. The van der Waals surface area contributed by atoms with Crippen molar-refractivity contribution in [1.29, 1.82) is 0 Å². The van der Waals surface area contributed by atoms with Gasteiger partial charge >= 0.3 is 5.97 Å². The normalized spacial score (nSPS) is 10.2. The molecule has 17 heavy (non-hydrogen) atoms. The Hall–Kier alpha value is -1.53. The number of thiophene rings is 1. The van der Waals surface area contributed by atoms with E-state index in [1.54, 1.807) is 19.1 Å². The maximum atomic E-state index is 12.1. The molecule has 2 heterocycles. The van der Waals surface area contributed by atoms with Crippen molar-refractivity contribution < 1.29 is 14.3 Å². The van der Waals surface area contributed by atoms with Crippen molar-refractivity contribution in [2.45, 2.75) is 6.92 Å². The third-order valence-electron chi connectivity index (χ3n) is 1.99. The summed E-state index contributed by atoms with van der Waals surface area (Å²) in [5.74, 6) is -0.723. The molecule has 0 amide bonds. The Morgan fingerprint density at radius 1 is 1.41 bits per heavy atom. The Kier molecular flexibility index (Phi) is 3.65. The molecule has 0 saturated heterocycles. The fraction of sp³-hybridized carbons (Fsp3) is 0.182. The van der Waals surface area contributed by atoms with Crippen LogP contribution in [0.5, 0.6) is 0 Å². The first-order valence-electron chi connectivity index (χ1n) is 4.92. The number of ether oxygens (including phenoxy) is 1. The molecule has 0 aliphatic rings. The van der Waals surface area contributed by atoms with E-state index in [0.29, 0.717) is 9.75 Å². The molecule has 0 fully saturated rings. The summed E-state index contributed by atoms with van der Waals surface area (Å²) in [4.78, 5) is 28.5. The van der Waals surface area contributed by atoms with E-state index in [1.807, 2.05) is 5.38 Å². The lowest BCUT2D eigenvalue weighted by Crippen LogP contribution is -2.10. The van der Waals surface area contributed by atoms with E-state index in [1.165, 1.54) is 16.8 Å². The molecule has 0 saturated carbocycles. The topological polar surface area (TPSA) is 56.3 Å². The quantitative estimate of drug-likeness (QED) is 0.631. The minimum Gasteiger partial charge on any atom is -0.461 e. The Labute approximate surface area is 106 Å². The smallest absolute Gasteiger partial charge is 0.358 e. The van der Waals surface area contributed by atoms with Crippen LogP contribution >= 0.6 is 22.7 Å². The first kappa shape index (κ1) is 11.9. The van der Waals surface area contributed by atoms with Gasteiger partial charge < -0.3 is 4.74 Å². The molecule has 0 spiro atoms. The van der Waals surface area contributed by atoms with Crippen molar-refractivity contribution in [1.82, 2.24) is 4.98 Å². The number of carbonyl (C=O) groups is 2. The summed E-state index contributed by atoms with van der Waals surface area (Å²) < 4.78 is 4.85. The molecule has 0 N–H and O–H groups in total. The molecule has 4 nitrogen and oxygen atoms in total. The van der Waals surface area contributed by atoms with Crippen molar-refractivity contribution in [3.63, 3.8) is 0 Å². The van der Waals surface area contributed by atoms with Gasteiger partial charge in [-0.3, -0.25) is 4.79 Å². The molecular formula is C11H9NO3S2. The Balaban J connectivity index is 2.31. The molecule has 0 bridgehead atoms. The predicted molar refractivity (Wildman–Crippen MR) is 65.8 cm³/mol. The van der Waals surface area contributed by atoms with Gasteiger partial charge in [-0.25, -0.2) is 9.78 Å². The molecule has 0 radical (unpaired) electrons. The minimum absolute atomic E-state index is 0.107. The monoisotopic (exact) mass is 267 g/mol. The number of hydrogen-bond donors (Lipinski definition) is 0. The average Bonchev–Trinajstić information content (AvgIpc) is 3.00. The summed E-state index contributed by atoms with van der Waals surface area (Å²) >= 11 is 2.50. The number of thiazole rings is 1. The highest BCUT2D eigenvalue weighted by molar-refractivity contribution is 7.15. The summed E-state index contributed by atoms with van der Waals surface area (Å²) in [7, 11) is 0. The zero-order chi connectivity index (χ0) is 12.3. The minimum atomic E-state index is -0.548. The van der Waals surface area contributed by atoms with Crippen LogP contribution in [-0.2, 0) is 4.74 Å². The van der Waals surface area contributed by atoms with Crippen LogP contribution in [0, 0.1) is 0 Å². The van der Waals surface area contributed by atoms with Crippen LogP contribution in [0.3, 0.4) is 0 Å². The summed E-state index contributed by atoms with van der Waals surface area (Å²) in [5.41, 5.74) is 1.59. The van der Waals surface area contributed by atoms with Crippen LogP contribution in [0.4, 0.5) is 0 Å². The van der Waals surface area contributed by atoms with Gasteiger partial charge in [-0.05, 0) is 18.4 Å². The number of nitrogens with zero attached hydrogens (tertiary/aromatic N) is 1. The van der Waals surface area contributed by atoms with Crippen molar-refractivity contribution in [2.24, 2.45) is 0 Å². The summed E-state index contributed by atoms with van der Waals surface area (Å²) in [6, 6.07) is 3.52. The number of hydrogen-bond acceptors (Lipinski definition) is 6. The van der Waals surface area contributed by atoms with Crippen LogP contribution in [-0.4, -0.2) is 23.3 Å². The first-order chi connectivity index (χ1) is 8.24. The highest BCUT2D eigenvalue weighted by Gasteiger charge is 2.23. The largest absolute Gasteiger partial charge is 0.461 e. The molecular weight excluding hydrogens is 258 g/mol. The molecule has 0 unspecified atom stereocenters. The van der Waals surface area contributed by atoms with Crippen molar-refractivity contribution in [2.75, 3.05) is 6.61 Å². The summed E-state index contributed by atoms with van der Waals surface area (Å²) in [6.07, 6.45) is 0. The number of ketones is 1. The second kappa shape index (κ2) is 5.20. The molecule has 0 atom stereocenters. The predicted octanol–water partition coefficient (Wildman–Crippen LogP) is 2.61. The molecule has 2 aromatic heterocycles. The van der Waals surface area contributed by atoms with Gasteiger partial charge in [0.25, 0.3) is 0 Å². The van der Waals surface area contributed by atoms with E-state index in [0.717, 1.165) is 11.3 Å². The molecule has 0 aromatic carbocycles. The highest BCUT2D eigenvalue weighted by atomic mass is 32.1. The molecule has 2 aromatic rings. The Morgan fingerprint density at radius 2 is 2.24 bits per heavy atom. The lowest BCUT2D eigenvalue weighted by atomic mass is 10.2. The van der Waals surface area contributed by atoms with E-state index < -0.39 is 5.97 Å². The lowest BCUT2D eigenvalue weighted by Gasteiger charge is -2.00. The van der Waals surface area contributed by atoms with E-state index in [-0.39, 0.29) is 18.1 Å². The highest BCUT2D eigenvalue weighted by Crippen LogP contribution is 2.21. The number of rotatable bonds is 4. The van der Waals surface area contributed by atoms with E-state index in [9.17, 15) is 9.59 Å². The second-order valence-corrected chi connectivity index (χ2v) is 4.86. The van der Waals surface area contributed by atoms with Gasteiger partial charge in [0.15, 0.2) is 5.69 Å². The average molecular weight is 267 g/mol. The van der Waals surface area contributed by atoms with Gasteiger partial charge in [0.05, 0.1) is 17.0 Å². The van der Waals surface area contributed by atoms with Crippen LogP contribution in [0.15, 0.2) is 23.0 Å². The molecule has 88 valence electrons. The van der Waals surface area contributed by atoms with Crippen LogP contribution in [0.2, 0.25) is 0 Å². The Bertz CT molecular complexity index is 531. The van der Waals surface area contributed by atoms with Crippen molar-refractivity contribution in [3.8, 4) is 0 Å². The van der Waals surface area contributed by atoms with Gasteiger partial charge in [-0.15, -0.1) is 22.7 Å². The Morgan fingerprint density at radius 3 is 2.88 bits per heavy atom. The van der Waals surface area contributed by atoms with Gasteiger partial charge in [0.2, 0.25) is 5.78 Å². The van der Waals surface area contributed by atoms with E-state index in [4.69, 9.17) is 4.74 Å². The summed E-state index contributed by atoms with van der Waals surface area (Å²) in [5, 5.41) is 1.82. The standard InChI is InChI=1S/C11H9NO3S2/c1-2-15-11(14)8-10(17-6-12-8)9(13)7-4-3-5-16-7/h3-6H,2H2,1H3. The van der Waals surface area contributed by atoms with Gasteiger partial charge in [-0.2, -0.15) is 0 Å². The zero-order valence-electron chi connectivity index (χ0n) is 9.00. The third kappa shape index (κ3) is 2.42. The van der Waals surface area contributed by atoms with Crippen molar-refractivity contribution in [3.05, 3.63) is 38.5 Å². The fourth-order valence-corrected chi connectivity index (χ4v) is 2.73. The molecule has 6 heteroatoms. The van der Waals surface area contributed by atoms with Gasteiger partial charge in [0.1, 0.15) is 4.88 Å². The maximum absolute atomic E-state index is 12.1. The molecule has 2 rings (SSSR count). The SMILES string of the molecule is CCOC(=O)c1ncsc1C(=O)c1cccs1. The first-order valence-corrected chi connectivity index (χ1v) is 6.68. The van der Waals surface area contributed by atoms with Crippen LogP contribution < -0.4 is 0 Å².